The molecule has 1 amide bonds. The summed E-state index contributed by atoms with van der Waals surface area (Å²) in [5, 5.41) is 6.88. The highest BCUT2D eigenvalue weighted by Crippen LogP contribution is 2.25. The lowest BCUT2D eigenvalue weighted by molar-refractivity contribution is 0.0939. The van der Waals surface area contributed by atoms with Crippen LogP contribution in [0, 0.1) is 12.7 Å². The molecule has 0 bridgehead atoms. The van der Waals surface area contributed by atoms with E-state index in [0.29, 0.717) is 0 Å². The molecule has 1 atom stereocenters. The second-order valence-electron chi connectivity index (χ2n) is 4.75. The highest BCUT2D eigenvalue weighted by molar-refractivity contribution is 6.36. The van der Waals surface area contributed by atoms with Crippen molar-refractivity contribution in [3.8, 4) is 0 Å². The Morgan fingerprint density at radius 3 is 2.62 bits per heavy atom. The van der Waals surface area contributed by atoms with Crippen molar-refractivity contribution in [2.45, 2.75) is 19.9 Å². The van der Waals surface area contributed by atoms with Crippen LogP contribution in [-0.2, 0) is 7.05 Å². The van der Waals surface area contributed by atoms with Gasteiger partial charge in [-0.05, 0) is 26.0 Å². The van der Waals surface area contributed by atoms with Crippen LogP contribution in [0.5, 0.6) is 0 Å². The maximum atomic E-state index is 13.5. The zero-order chi connectivity index (χ0) is 15.7. The number of rotatable bonds is 3. The largest absolute Gasteiger partial charge is 0.345 e. The Labute approximate surface area is 131 Å². The summed E-state index contributed by atoms with van der Waals surface area (Å²) in [6, 6.07) is 1.97. The van der Waals surface area contributed by atoms with E-state index in [0.717, 1.165) is 17.3 Å². The van der Waals surface area contributed by atoms with Gasteiger partial charge in [-0.25, -0.2) is 4.39 Å². The second-order valence-corrected chi connectivity index (χ2v) is 5.56. The highest BCUT2D eigenvalue weighted by Gasteiger charge is 2.19. The smallest absolute Gasteiger partial charge is 0.253 e. The van der Waals surface area contributed by atoms with Gasteiger partial charge in [0.2, 0.25) is 0 Å². The van der Waals surface area contributed by atoms with Crippen LogP contribution >= 0.6 is 23.2 Å². The van der Waals surface area contributed by atoms with Crippen molar-refractivity contribution >= 4 is 29.1 Å². The van der Waals surface area contributed by atoms with Gasteiger partial charge < -0.3 is 5.32 Å². The number of aryl methyl sites for hydroxylation is 1. The third-order valence-electron chi connectivity index (χ3n) is 3.34. The summed E-state index contributed by atoms with van der Waals surface area (Å²) < 4.78 is 15.2. The molecule has 1 aromatic carbocycles. The molecule has 112 valence electrons. The van der Waals surface area contributed by atoms with Crippen molar-refractivity contribution < 1.29 is 9.18 Å². The van der Waals surface area contributed by atoms with E-state index in [1.807, 2.05) is 20.9 Å². The molecule has 21 heavy (non-hydrogen) atoms. The number of carbonyl (C=O) groups excluding carboxylic acids is 1. The van der Waals surface area contributed by atoms with Crippen LogP contribution in [0.3, 0.4) is 0 Å². The first-order chi connectivity index (χ1) is 9.81. The van der Waals surface area contributed by atoms with Gasteiger partial charge in [-0.1, -0.05) is 23.2 Å². The van der Waals surface area contributed by atoms with Crippen molar-refractivity contribution in [3.63, 3.8) is 0 Å². The van der Waals surface area contributed by atoms with Crippen LogP contribution in [0.2, 0.25) is 10.0 Å². The molecule has 0 saturated carbocycles. The number of aromatic nitrogens is 2. The quantitative estimate of drug-likeness (QED) is 0.873. The number of nitrogens with one attached hydrogen (secondary N) is 1. The van der Waals surface area contributed by atoms with Gasteiger partial charge in [0, 0.05) is 18.3 Å². The van der Waals surface area contributed by atoms with E-state index in [4.69, 9.17) is 23.2 Å². The minimum Gasteiger partial charge on any atom is -0.345 e. The first-order valence-electron chi connectivity index (χ1n) is 6.25. The number of hydrogen-bond acceptors (Lipinski definition) is 2. The van der Waals surface area contributed by atoms with E-state index >= 15 is 0 Å². The van der Waals surface area contributed by atoms with Crippen LogP contribution in [-0.4, -0.2) is 15.7 Å². The van der Waals surface area contributed by atoms with Crippen molar-refractivity contribution in [3.05, 3.63) is 51.0 Å². The normalized spacial score (nSPS) is 12.3. The Hall–Kier alpha value is -1.59. The summed E-state index contributed by atoms with van der Waals surface area (Å²) in [5.41, 5.74) is 1.87. The monoisotopic (exact) mass is 329 g/mol. The molecule has 1 aromatic heterocycles. The van der Waals surface area contributed by atoms with Crippen LogP contribution < -0.4 is 5.32 Å². The third kappa shape index (κ3) is 3.19. The first-order valence-corrected chi connectivity index (χ1v) is 7.00. The molecule has 2 aromatic rings. The first kappa shape index (κ1) is 15.8. The summed E-state index contributed by atoms with van der Waals surface area (Å²) >= 11 is 11.5. The molecule has 0 fully saturated rings. The van der Waals surface area contributed by atoms with Gasteiger partial charge in [0.25, 0.3) is 5.91 Å². The Bertz CT molecular complexity index is 700. The van der Waals surface area contributed by atoms with Crippen molar-refractivity contribution in [1.29, 1.82) is 0 Å². The molecule has 1 unspecified atom stereocenters. The molecule has 7 heteroatoms. The second kappa shape index (κ2) is 6.03. The van der Waals surface area contributed by atoms with Crippen LogP contribution in [0.15, 0.2) is 18.3 Å². The lowest BCUT2D eigenvalue weighted by Gasteiger charge is -2.14. The van der Waals surface area contributed by atoms with Crippen LogP contribution in [0.4, 0.5) is 4.39 Å². The summed E-state index contributed by atoms with van der Waals surface area (Å²) in [5.74, 6) is -1.15. The molecule has 1 N–H and O–H groups in total. The van der Waals surface area contributed by atoms with E-state index in [2.05, 4.69) is 10.4 Å². The molecule has 0 saturated heterocycles. The van der Waals surface area contributed by atoms with Gasteiger partial charge in [0.1, 0.15) is 5.82 Å². The fraction of sp³-hybridized carbons (Fsp3) is 0.286. The summed E-state index contributed by atoms with van der Waals surface area (Å²) in [6.45, 7) is 3.72. The van der Waals surface area contributed by atoms with Crippen molar-refractivity contribution in [2.24, 2.45) is 7.05 Å². The Morgan fingerprint density at radius 1 is 1.38 bits per heavy atom. The van der Waals surface area contributed by atoms with Gasteiger partial charge in [0.15, 0.2) is 0 Å². The summed E-state index contributed by atoms with van der Waals surface area (Å²) in [4.78, 5) is 12.2. The maximum Gasteiger partial charge on any atom is 0.253 e. The zero-order valence-corrected chi connectivity index (χ0v) is 13.3. The molecule has 1 heterocycles. The number of hydrogen-bond donors (Lipinski definition) is 1. The van der Waals surface area contributed by atoms with Crippen LogP contribution in [0.1, 0.15) is 34.6 Å². The van der Waals surface area contributed by atoms with Gasteiger partial charge in [-0.2, -0.15) is 5.10 Å². The molecule has 0 aliphatic heterocycles. The molecule has 2 rings (SSSR count). The molecule has 0 aliphatic rings. The minimum atomic E-state index is -0.684. The summed E-state index contributed by atoms with van der Waals surface area (Å²) in [6.07, 6.45) is 1.68. The summed E-state index contributed by atoms with van der Waals surface area (Å²) in [7, 11) is 1.82. The van der Waals surface area contributed by atoms with E-state index in [1.54, 1.807) is 10.9 Å². The van der Waals surface area contributed by atoms with Gasteiger partial charge in [0.05, 0.1) is 27.8 Å². The average Bonchev–Trinajstić information content (AvgIpc) is 2.74. The fourth-order valence-electron chi connectivity index (χ4n) is 1.99. The lowest BCUT2D eigenvalue weighted by atomic mass is 10.1. The van der Waals surface area contributed by atoms with E-state index in [1.165, 1.54) is 6.07 Å². The van der Waals surface area contributed by atoms with Gasteiger partial charge in [-0.15, -0.1) is 0 Å². The number of benzene rings is 1. The highest BCUT2D eigenvalue weighted by atomic mass is 35.5. The Morgan fingerprint density at radius 2 is 2.05 bits per heavy atom. The standard InChI is InChI=1S/C14H14Cl2FN3O/c1-7(10-6-18-20(3)8(10)2)19-14(21)9-4-13(17)12(16)5-11(9)15/h4-7H,1-3H3,(H,19,21). The van der Waals surface area contributed by atoms with Crippen molar-refractivity contribution in [1.82, 2.24) is 15.1 Å². The predicted molar refractivity (Wildman–Crippen MR) is 80.2 cm³/mol. The SMILES string of the molecule is Cc1c(C(C)NC(=O)c2cc(F)c(Cl)cc2Cl)cnn1C. The number of carbonyl (C=O) groups is 1. The van der Waals surface area contributed by atoms with E-state index in [-0.39, 0.29) is 21.7 Å². The number of amides is 1. The number of nitrogens with zero attached hydrogens (tertiary/aromatic N) is 2. The van der Waals surface area contributed by atoms with Gasteiger partial charge in [-0.3, -0.25) is 9.48 Å². The molecule has 0 spiro atoms. The number of halogens is 3. The lowest BCUT2D eigenvalue weighted by Crippen LogP contribution is -2.27. The Kier molecular flexibility index (Phi) is 4.54. The van der Waals surface area contributed by atoms with Crippen molar-refractivity contribution in [2.75, 3.05) is 0 Å². The molecule has 0 radical (unpaired) electrons. The molecular weight excluding hydrogens is 316 g/mol. The predicted octanol–water partition coefficient (Wildman–Crippen LogP) is 3.67. The van der Waals surface area contributed by atoms with Gasteiger partial charge >= 0.3 is 0 Å². The van der Waals surface area contributed by atoms with Crippen LogP contribution in [0.25, 0.3) is 0 Å². The average molecular weight is 330 g/mol. The third-order valence-corrected chi connectivity index (χ3v) is 3.94. The minimum absolute atomic E-state index is 0.0481. The molecular formula is C14H14Cl2FN3O. The van der Waals surface area contributed by atoms with E-state index < -0.39 is 11.7 Å². The Balaban J connectivity index is 2.22. The molecule has 4 nitrogen and oxygen atoms in total. The fourth-order valence-corrected chi connectivity index (χ4v) is 2.46. The molecule has 0 aliphatic carbocycles. The topological polar surface area (TPSA) is 46.9 Å². The van der Waals surface area contributed by atoms with E-state index in [9.17, 15) is 9.18 Å². The zero-order valence-electron chi connectivity index (χ0n) is 11.7. The maximum absolute atomic E-state index is 13.5.